The highest BCUT2D eigenvalue weighted by Gasteiger charge is 2.31. The molecule has 6 heteroatoms. The van der Waals surface area contributed by atoms with Crippen molar-refractivity contribution in [2.75, 3.05) is 6.54 Å². The number of aliphatic carboxylic acids is 1. The summed E-state index contributed by atoms with van der Waals surface area (Å²) in [4.78, 5) is 30.0. The molecule has 0 radical (unpaired) electrons. The molecule has 6 nitrogen and oxygen atoms in total. The van der Waals surface area contributed by atoms with Gasteiger partial charge in [0.25, 0.3) is 5.91 Å². The molecule has 0 aliphatic carbocycles. The molecule has 0 bridgehead atoms. The third-order valence-electron chi connectivity index (χ3n) is 4.59. The first-order valence-corrected chi connectivity index (χ1v) is 8.62. The van der Waals surface area contributed by atoms with Gasteiger partial charge in [0.1, 0.15) is 0 Å². The molecule has 1 saturated heterocycles. The lowest BCUT2D eigenvalue weighted by atomic mass is 9.97. The second-order valence-corrected chi connectivity index (χ2v) is 6.38. The minimum absolute atomic E-state index is 0.0537. The number of nitrogens with zero attached hydrogens (tertiary/aromatic N) is 2. The van der Waals surface area contributed by atoms with E-state index in [9.17, 15) is 9.59 Å². The topological polar surface area (TPSA) is 83.6 Å². The highest BCUT2D eigenvalue weighted by atomic mass is 16.4. The molecule has 1 aliphatic rings. The fraction of sp³-hybridized carbons (Fsp3) is 0.421. The third kappa shape index (κ3) is 3.90. The van der Waals surface area contributed by atoms with E-state index in [1.54, 1.807) is 11.8 Å². The molecule has 1 fully saturated rings. The Labute approximate surface area is 146 Å². The normalized spacial score (nSPS) is 17.5. The summed E-state index contributed by atoms with van der Waals surface area (Å²) in [6.07, 6.45) is 3.31. The Bertz CT molecular complexity index is 754. The van der Waals surface area contributed by atoms with Crippen molar-refractivity contribution in [2.45, 2.75) is 45.1 Å². The Morgan fingerprint density at radius 2 is 2.04 bits per heavy atom. The average molecular weight is 342 g/mol. The van der Waals surface area contributed by atoms with Gasteiger partial charge in [-0.1, -0.05) is 18.2 Å². The molecule has 2 heterocycles. The van der Waals surface area contributed by atoms with Crippen LogP contribution in [0.1, 0.15) is 48.4 Å². The number of likely N-dealkylation sites (tertiary alicyclic amines) is 1. The second-order valence-electron chi connectivity index (χ2n) is 6.38. The average Bonchev–Trinajstić information content (AvgIpc) is 3.02. The monoisotopic (exact) mass is 342 g/mol. The third-order valence-corrected chi connectivity index (χ3v) is 4.59. The Kier molecular flexibility index (Phi) is 5.16. The Morgan fingerprint density at radius 3 is 2.76 bits per heavy atom. The molecule has 1 aromatic heterocycles. The van der Waals surface area contributed by atoms with Gasteiger partial charge in [0, 0.05) is 24.6 Å². The molecule has 1 N–H and O–H groups in total. The van der Waals surface area contributed by atoms with Crippen molar-refractivity contribution < 1.29 is 19.1 Å². The van der Waals surface area contributed by atoms with Crippen molar-refractivity contribution in [2.24, 2.45) is 0 Å². The first-order valence-electron chi connectivity index (χ1n) is 8.62. The predicted molar refractivity (Wildman–Crippen MR) is 92.2 cm³/mol. The number of amides is 1. The summed E-state index contributed by atoms with van der Waals surface area (Å²) >= 11 is 0. The lowest BCUT2D eigenvalue weighted by molar-refractivity contribution is -0.137. The first-order chi connectivity index (χ1) is 12.1. The van der Waals surface area contributed by atoms with E-state index in [2.05, 4.69) is 4.98 Å². The van der Waals surface area contributed by atoms with Crippen LogP contribution in [0.15, 0.2) is 34.7 Å². The molecule has 0 spiro atoms. The summed E-state index contributed by atoms with van der Waals surface area (Å²) in [5.74, 6) is -0.343. The van der Waals surface area contributed by atoms with Gasteiger partial charge < -0.3 is 14.4 Å². The number of carbonyl (C=O) groups excluding carboxylic acids is 1. The molecule has 25 heavy (non-hydrogen) atoms. The van der Waals surface area contributed by atoms with Crippen LogP contribution >= 0.6 is 0 Å². The smallest absolute Gasteiger partial charge is 0.303 e. The Balaban J connectivity index is 1.81. The minimum atomic E-state index is -0.833. The molecule has 3 rings (SSSR count). The fourth-order valence-corrected chi connectivity index (χ4v) is 3.29. The Hall–Kier alpha value is -2.63. The number of carboxylic acids is 1. The summed E-state index contributed by atoms with van der Waals surface area (Å²) in [6, 6.07) is 9.41. The number of aryl methyl sites for hydroxylation is 1. The quantitative estimate of drug-likeness (QED) is 0.899. The molecule has 1 aliphatic heterocycles. The molecule has 1 amide bonds. The fourth-order valence-electron chi connectivity index (χ4n) is 3.29. The van der Waals surface area contributed by atoms with E-state index in [-0.39, 0.29) is 24.1 Å². The number of aromatic nitrogens is 1. The van der Waals surface area contributed by atoms with E-state index in [4.69, 9.17) is 9.52 Å². The van der Waals surface area contributed by atoms with Gasteiger partial charge >= 0.3 is 5.97 Å². The van der Waals surface area contributed by atoms with Gasteiger partial charge in [0.2, 0.25) is 11.7 Å². The summed E-state index contributed by atoms with van der Waals surface area (Å²) in [5.41, 5.74) is 1.39. The lowest BCUT2D eigenvalue weighted by Crippen LogP contribution is -2.44. The van der Waals surface area contributed by atoms with E-state index < -0.39 is 5.97 Å². The van der Waals surface area contributed by atoms with Gasteiger partial charge in [-0.05, 0) is 44.7 Å². The highest BCUT2D eigenvalue weighted by molar-refractivity contribution is 5.93. The molecular weight excluding hydrogens is 320 g/mol. The number of carboxylic acid groups (broad SMARTS) is 1. The number of benzene rings is 1. The van der Waals surface area contributed by atoms with Crippen LogP contribution in [-0.2, 0) is 4.79 Å². The van der Waals surface area contributed by atoms with Gasteiger partial charge in [-0.15, -0.1) is 0 Å². The van der Waals surface area contributed by atoms with E-state index in [0.29, 0.717) is 24.6 Å². The lowest BCUT2D eigenvalue weighted by Gasteiger charge is -2.35. The van der Waals surface area contributed by atoms with Crippen molar-refractivity contribution in [1.29, 1.82) is 0 Å². The molecule has 1 unspecified atom stereocenters. The van der Waals surface area contributed by atoms with Gasteiger partial charge in [0.05, 0.1) is 5.69 Å². The highest BCUT2D eigenvalue weighted by Crippen LogP contribution is 2.27. The van der Waals surface area contributed by atoms with Gasteiger partial charge in [0.15, 0.2) is 0 Å². The SMILES string of the molecule is Cc1nc(-c2ccccc2)oc1C(=O)N1CCCCC1CCC(=O)O. The molecular formula is C19H22N2O4. The standard InChI is InChI=1S/C19H22N2O4/c1-13-17(25-18(20-13)14-7-3-2-4-8-14)19(24)21-12-6-5-9-15(21)10-11-16(22)23/h2-4,7-8,15H,5-6,9-12H2,1H3,(H,22,23). The van der Waals surface area contributed by atoms with Crippen LogP contribution in [0.25, 0.3) is 11.5 Å². The van der Waals surface area contributed by atoms with Crippen LogP contribution in [0, 0.1) is 6.92 Å². The van der Waals surface area contributed by atoms with Crippen molar-refractivity contribution >= 4 is 11.9 Å². The van der Waals surface area contributed by atoms with Crippen LogP contribution in [0.2, 0.25) is 0 Å². The summed E-state index contributed by atoms with van der Waals surface area (Å²) in [7, 11) is 0. The number of hydrogen-bond donors (Lipinski definition) is 1. The van der Waals surface area contributed by atoms with Gasteiger partial charge in [-0.25, -0.2) is 4.98 Å². The molecule has 1 atom stereocenters. The summed E-state index contributed by atoms with van der Waals surface area (Å²) in [5, 5.41) is 8.93. The van der Waals surface area contributed by atoms with E-state index in [1.807, 2.05) is 30.3 Å². The predicted octanol–water partition coefficient (Wildman–Crippen LogP) is 3.51. The maximum absolute atomic E-state index is 13.0. The second kappa shape index (κ2) is 7.51. The van der Waals surface area contributed by atoms with E-state index in [0.717, 1.165) is 24.8 Å². The molecule has 2 aromatic rings. The number of hydrogen-bond acceptors (Lipinski definition) is 4. The van der Waals surface area contributed by atoms with Crippen molar-refractivity contribution in [3.8, 4) is 11.5 Å². The van der Waals surface area contributed by atoms with Crippen molar-refractivity contribution in [1.82, 2.24) is 9.88 Å². The van der Waals surface area contributed by atoms with Crippen LogP contribution in [-0.4, -0.2) is 39.5 Å². The van der Waals surface area contributed by atoms with E-state index in [1.165, 1.54) is 0 Å². The zero-order valence-corrected chi connectivity index (χ0v) is 14.3. The largest absolute Gasteiger partial charge is 0.481 e. The molecule has 132 valence electrons. The zero-order valence-electron chi connectivity index (χ0n) is 14.3. The zero-order chi connectivity index (χ0) is 17.8. The van der Waals surface area contributed by atoms with E-state index >= 15 is 0 Å². The van der Waals surface area contributed by atoms with Crippen molar-refractivity contribution in [3.05, 3.63) is 41.8 Å². The van der Waals surface area contributed by atoms with Crippen LogP contribution < -0.4 is 0 Å². The van der Waals surface area contributed by atoms with Crippen LogP contribution in [0.4, 0.5) is 0 Å². The van der Waals surface area contributed by atoms with Crippen molar-refractivity contribution in [3.63, 3.8) is 0 Å². The number of rotatable bonds is 5. The number of piperidine rings is 1. The van der Waals surface area contributed by atoms with Gasteiger partial charge in [-0.2, -0.15) is 0 Å². The maximum Gasteiger partial charge on any atom is 0.303 e. The summed E-state index contributed by atoms with van der Waals surface area (Å²) in [6.45, 7) is 2.39. The number of oxazole rings is 1. The van der Waals surface area contributed by atoms with Gasteiger partial charge in [-0.3, -0.25) is 9.59 Å². The van der Waals surface area contributed by atoms with Crippen LogP contribution in [0.3, 0.4) is 0 Å². The Morgan fingerprint density at radius 1 is 1.28 bits per heavy atom. The molecule has 1 aromatic carbocycles. The maximum atomic E-state index is 13.0. The first kappa shape index (κ1) is 17.2. The summed E-state index contributed by atoms with van der Waals surface area (Å²) < 4.78 is 5.77. The van der Waals surface area contributed by atoms with Crippen LogP contribution in [0.5, 0.6) is 0 Å². The minimum Gasteiger partial charge on any atom is -0.481 e. The number of carbonyl (C=O) groups is 2. The molecule has 0 saturated carbocycles.